The second-order valence-corrected chi connectivity index (χ2v) is 11.4. The number of ether oxygens (including phenoxy) is 1. The summed E-state index contributed by atoms with van der Waals surface area (Å²) < 4.78 is 7.37. The van der Waals surface area contributed by atoms with E-state index in [1.807, 2.05) is 6.20 Å². The van der Waals surface area contributed by atoms with Crippen molar-refractivity contribution in [1.82, 2.24) is 15.1 Å². The van der Waals surface area contributed by atoms with Crippen LogP contribution in [0.4, 0.5) is 0 Å². The van der Waals surface area contributed by atoms with E-state index in [1.165, 1.54) is 47.8 Å². The van der Waals surface area contributed by atoms with Crippen molar-refractivity contribution in [3.05, 3.63) is 59.3 Å². The van der Waals surface area contributed by atoms with Crippen molar-refractivity contribution >= 4 is 16.5 Å². The molecule has 2 bridgehead atoms. The minimum absolute atomic E-state index is 0.0266. The van der Waals surface area contributed by atoms with Crippen LogP contribution in [-0.4, -0.2) is 46.4 Å². The zero-order valence-corrected chi connectivity index (χ0v) is 19.4. The number of rotatable bonds is 2. The van der Waals surface area contributed by atoms with Crippen molar-refractivity contribution in [3.8, 4) is 0 Å². The first-order valence-corrected chi connectivity index (χ1v) is 12.4. The quantitative estimate of drug-likeness (QED) is 0.674. The van der Waals surface area contributed by atoms with Gasteiger partial charge in [0.15, 0.2) is 0 Å². The fraction of sp³-hybridized carbons (Fsp3) is 0.536. The summed E-state index contributed by atoms with van der Waals surface area (Å²) in [6, 6.07) is 7.39. The molecule has 2 aliphatic heterocycles. The van der Waals surface area contributed by atoms with Gasteiger partial charge >= 0.3 is 0 Å². The van der Waals surface area contributed by atoms with Crippen LogP contribution in [0, 0.1) is 11.3 Å². The number of H-pyrrole nitrogens is 1. The van der Waals surface area contributed by atoms with Crippen molar-refractivity contribution in [1.29, 1.82) is 0 Å². The van der Waals surface area contributed by atoms with Gasteiger partial charge in [-0.1, -0.05) is 31.2 Å². The molecule has 2 aromatic rings. The molecule has 7 rings (SSSR count). The maximum absolute atomic E-state index is 7.37. The van der Waals surface area contributed by atoms with Gasteiger partial charge in [-0.05, 0) is 93.5 Å². The summed E-state index contributed by atoms with van der Waals surface area (Å²) in [7, 11) is 4.47. The van der Waals surface area contributed by atoms with Crippen molar-refractivity contribution in [2.24, 2.45) is 11.3 Å². The Morgan fingerprint density at radius 1 is 1.19 bits per heavy atom. The third-order valence-electron chi connectivity index (χ3n) is 9.73. The van der Waals surface area contributed by atoms with E-state index >= 15 is 0 Å². The Labute approximate surface area is 190 Å². The Bertz CT molecular complexity index is 1220. The van der Waals surface area contributed by atoms with Gasteiger partial charge in [0.05, 0.1) is 22.9 Å². The highest BCUT2D eigenvalue weighted by Gasteiger charge is 2.65. The Morgan fingerprint density at radius 2 is 2.09 bits per heavy atom. The molecule has 3 aliphatic carbocycles. The topological polar surface area (TPSA) is 41.2 Å². The summed E-state index contributed by atoms with van der Waals surface area (Å²) in [5, 5.41) is 8.51. The van der Waals surface area contributed by atoms with Crippen LogP contribution in [0.1, 0.15) is 57.4 Å². The van der Waals surface area contributed by atoms with Gasteiger partial charge in [0.1, 0.15) is 0 Å². The summed E-state index contributed by atoms with van der Waals surface area (Å²) in [5.74, 6) is 0.516. The highest BCUT2D eigenvalue weighted by atomic mass is 16.5. The van der Waals surface area contributed by atoms with Gasteiger partial charge < -0.3 is 9.64 Å². The van der Waals surface area contributed by atoms with E-state index < -0.39 is 0 Å². The number of nitrogens with one attached hydrogen (secondary N) is 1. The minimum Gasteiger partial charge on any atom is -0.359 e. The molecular formula is C28H33N3O. The van der Waals surface area contributed by atoms with Crippen LogP contribution >= 0.6 is 0 Å². The van der Waals surface area contributed by atoms with Gasteiger partial charge in [0.2, 0.25) is 0 Å². The maximum atomic E-state index is 7.37. The SMILES string of the molecule is CN(C)[C@H]1CCC2=CC3=CC[C@]4(C)C(c5ccc6[nH]ncc6c5)=CC[C@H]4[C@@]34CC[C@]2(C1)O4. The molecule has 166 valence electrons. The molecule has 0 unspecified atom stereocenters. The molecule has 4 heteroatoms. The number of hydrogen-bond acceptors (Lipinski definition) is 3. The normalized spacial score (nSPS) is 39.9. The summed E-state index contributed by atoms with van der Waals surface area (Å²) in [6.07, 6.45) is 17.7. The molecule has 1 saturated heterocycles. The molecule has 5 aliphatic rings. The average Bonchev–Trinajstić information content (AvgIpc) is 3.47. The lowest BCUT2D eigenvalue weighted by molar-refractivity contribution is -0.134. The van der Waals surface area contributed by atoms with E-state index in [4.69, 9.17) is 4.74 Å². The fourth-order valence-electron chi connectivity index (χ4n) is 7.96. The molecule has 1 saturated carbocycles. The van der Waals surface area contributed by atoms with Crippen molar-refractivity contribution < 1.29 is 4.74 Å². The van der Waals surface area contributed by atoms with Crippen LogP contribution in [0.25, 0.3) is 16.5 Å². The van der Waals surface area contributed by atoms with Crippen LogP contribution < -0.4 is 0 Å². The molecule has 3 heterocycles. The van der Waals surface area contributed by atoms with Crippen LogP contribution in [0.15, 0.2) is 53.8 Å². The van der Waals surface area contributed by atoms with Crippen molar-refractivity contribution in [2.45, 2.75) is 69.1 Å². The van der Waals surface area contributed by atoms with Gasteiger partial charge in [-0.2, -0.15) is 5.10 Å². The van der Waals surface area contributed by atoms with E-state index in [2.05, 4.69) is 72.5 Å². The summed E-state index contributed by atoms with van der Waals surface area (Å²) in [4.78, 5) is 2.41. The Kier molecular flexibility index (Phi) is 3.76. The standard InChI is InChI=1S/C28H33N3O/c1-26-11-10-21-15-20-5-6-22(31(2)3)16-27(20)12-13-28(21,32-27)25(26)9-7-23(26)18-4-8-24-19(14-18)17-29-30-24/h4,7-8,10,14-15,17,22,25H,5-6,9,11-13,16H2,1-3H3,(H,29,30)/t22-,25+,26+,27+,28+/m0/s1. The van der Waals surface area contributed by atoms with Crippen molar-refractivity contribution in [3.63, 3.8) is 0 Å². The number of aromatic amines is 1. The van der Waals surface area contributed by atoms with Crippen LogP contribution in [0.2, 0.25) is 0 Å². The molecule has 2 spiro atoms. The van der Waals surface area contributed by atoms with Crippen LogP contribution in [0.3, 0.4) is 0 Å². The Balaban J connectivity index is 1.29. The van der Waals surface area contributed by atoms with Gasteiger partial charge in [-0.3, -0.25) is 5.10 Å². The second-order valence-electron chi connectivity index (χ2n) is 11.4. The molecule has 1 aromatic heterocycles. The highest BCUT2D eigenvalue weighted by molar-refractivity contribution is 5.85. The second kappa shape index (κ2) is 6.24. The highest BCUT2D eigenvalue weighted by Crippen LogP contribution is 2.67. The summed E-state index contributed by atoms with van der Waals surface area (Å²) >= 11 is 0. The van der Waals surface area contributed by atoms with E-state index in [0.29, 0.717) is 12.0 Å². The number of allylic oxidation sites excluding steroid dienone is 3. The third-order valence-corrected chi connectivity index (χ3v) is 9.73. The number of benzene rings is 1. The predicted molar refractivity (Wildman–Crippen MR) is 128 cm³/mol. The zero-order chi connectivity index (χ0) is 21.7. The zero-order valence-electron chi connectivity index (χ0n) is 19.4. The first-order valence-electron chi connectivity index (χ1n) is 12.4. The van der Waals surface area contributed by atoms with Crippen molar-refractivity contribution in [2.75, 3.05) is 14.1 Å². The molecular weight excluding hydrogens is 394 g/mol. The van der Waals surface area contributed by atoms with Gasteiger partial charge in [0, 0.05) is 22.8 Å². The smallest absolute Gasteiger partial charge is 0.0980 e. The summed E-state index contributed by atoms with van der Waals surface area (Å²) in [6.45, 7) is 2.50. The van der Waals surface area contributed by atoms with E-state index in [9.17, 15) is 0 Å². The number of hydrogen-bond donors (Lipinski definition) is 1. The van der Waals surface area contributed by atoms with Crippen LogP contribution in [-0.2, 0) is 4.74 Å². The van der Waals surface area contributed by atoms with Crippen LogP contribution in [0.5, 0.6) is 0 Å². The molecule has 1 aromatic carbocycles. The lowest BCUT2D eigenvalue weighted by Crippen LogP contribution is -2.54. The Morgan fingerprint density at radius 3 is 2.97 bits per heavy atom. The van der Waals surface area contributed by atoms with Gasteiger partial charge in [-0.15, -0.1) is 0 Å². The molecule has 5 atom stereocenters. The average molecular weight is 428 g/mol. The predicted octanol–water partition coefficient (Wildman–Crippen LogP) is 5.64. The molecule has 32 heavy (non-hydrogen) atoms. The van der Waals surface area contributed by atoms with Gasteiger partial charge in [-0.25, -0.2) is 0 Å². The third kappa shape index (κ3) is 2.32. The molecule has 4 nitrogen and oxygen atoms in total. The lowest BCUT2D eigenvalue weighted by Gasteiger charge is -2.54. The number of fused-ring (bicyclic) bond motifs is 2. The van der Waals surface area contributed by atoms with E-state index in [1.54, 1.807) is 5.57 Å². The lowest BCUT2D eigenvalue weighted by atomic mass is 9.58. The van der Waals surface area contributed by atoms with Gasteiger partial charge in [0.25, 0.3) is 0 Å². The number of aromatic nitrogens is 2. The minimum atomic E-state index is -0.108. The van der Waals surface area contributed by atoms with E-state index in [0.717, 1.165) is 24.8 Å². The largest absolute Gasteiger partial charge is 0.359 e. The summed E-state index contributed by atoms with van der Waals surface area (Å²) in [5.41, 5.74) is 7.02. The maximum Gasteiger partial charge on any atom is 0.0980 e. The fourth-order valence-corrected chi connectivity index (χ4v) is 7.96. The molecule has 2 fully saturated rings. The monoisotopic (exact) mass is 427 g/mol. The molecule has 0 radical (unpaired) electrons. The molecule has 0 amide bonds. The van der Waals surface area contributed by atoms with E-state index in [-0.39, 0.29) is 16.6 Å². The number of nitrogens with zero attached hydrogens (tertiary/aromatic N) is 2. The first-order chi connectivity index (χ1) is 15.4. The Hall–Kier alpha value is -2.17. The first kappa shape index (κ1) is 19.3. The molecule has 1 N–H and O–H groups in total.